The number of allylic oxidation sites excluding steroid dienone is 3. The van der Waals surface area contributed by atoms with Crippen molar-refractivity contribution in [2.45, 2.75) is 44.9 Å². The van der Waals surface area contributed by atoms with Crippen molar-refractivity contribution >= 4 is 29.6 Å². The van der Waals surface area contributed by atoms with E-state index in [0.29, 0.717) is 35.6 Å². The quantitative estimate of drug-likeness (QED) is 0.408. The van der Waals surface area contributed by atoms with Crippen LogP contribution in [0.5, 0.6) is 0 Å². The number of halogens is 1. The van der Waals surface area contributed by atoms with E-state index in [4.69, 9.17) is 0 Å². The average molecular weight is 496 g/mol. The number of pyridine rings is 1. The molecule has 0 unspecified atom stereocenters. The Kier molecular flexibility index (Phi) is 7.82. The van der Waals surface area contributed by atoms with Crippen molar-refractivity contribution in [3.63, 3.8) is 0 Å². The highest BCUT2D eigenvalue weighted by Gasteiger charge is 2.35. The number of amides is 1. The molecule has 0 bridgehead atoms. The number of aromatic nitrogens is 3. The van der Waals surface area contributed by atoms with E-state index in [9.17, 15) is 9.18 Å². The molecule has 8 nitrogen and oxygen atoms in total. The number of nitrogens with zero attached hydrogens (tertiary/aromatic N) is 5. The summed E-state index contributed by atoms with van der Waals surface area (Å²) in [6.07, 6.45) is 9.94. The highest BCUT2D eigenvalue weighted by Crippen LogP contribution is 2.30. The lowest BCUT2D eigenvalue weighted by Gasteiger charge is -2.41. The van der Waals surface area contributed by atoms with Crippen LogP contribution in [-0.4, -0.2) is 55.5 Å². The number of fused-ring (bicyclic) bond motifs is 1. The Morgan fingerprint density at radius 2 is 2.11 bits per heavy atom. The molecule has 0 radical (unpaired) electrons. The van der Waals surface area contributed by atoms with Crippen LogP contribution < -0.4 is 10.0 Å². The van der Waals surface area contributed by atoms with E-state index < -0.39 is 5.83 Å². The lowest BCUT2D eigenvalue weighted by Crippen LogP contribution is -2.50. The van der Waals surface area contributed by atoms with Gasteiger partial charge in [-0.3, -0.25) is 9.69 Å². The normalized spacial score (nSPS) is 20.0. The smallest absolute Gasteiger partial charge is 0.254 e. The summed E-state index contributed by atoms with van der Waals surface area (Å²) in [5, 5.41) is 2.99. The van der Waals surface area contributed by atoms with E-state index in [2.05, 4.69) is 50.0 Å². The van der Waals surface area contributed by atoms with E-state index in [0.717, 1.165) is 37.2 Å². The molecule has 0 aliphatic carbocycles. The van der Waals surface area contributed by atoms with E-state index >= 15 is 0 Å². The second kappa shape index (κ2) is 11.0. The third-order valence-electron chi connectivity index (χ3n) is 6.26. The van der Waals surface area contributed by atoms with Crippen LogP contribution in [-0.2, 0) is 13.1 Å². The molecule has 2 aromatic heterocycles. The topological polar surface area (TPSA) is 86.3 Å². The highest BCUT2D eigenvalue weighted by atomic mass is 32.2. The number of likely N-dealkylation sites (tertiary alicyclic amines) is 1. The molecule has 0 saturated carbocycles. The zero-order valence-corrected chi connectivity index (χ0v) is 20.8. The van der Waals surface area contributed by atoms with Crippen LogP contribution in [0.1, 0.15) is 41.4 Å². The summed E-state index contributed by atoms with van der Waals surface area (Å²) in [6.45, 7) is 11.4. The molecule has 1 amide bonds. The molecule has 2 aliphatic rings. The van der Waals surface area contributed by atoms with Crippen molar-refractivity contribution in [2.24, 2.45) is 0 Å². The standard InChI is InChI=1S/C25H30FN7OS/c1-16(26)5-6-17(2)29-25-28-13-20-14-32(15-22(20)30-25)21-8-10-33(18(3)11-21)24(34)19-7-9-27-23(12-19)31-35-4/h5-7,9,12-13,18,21H,1-2,8,10-11,14-15H2,3-4H3,(H,27,31)(H,28,29,30)/b6-5-/t18-,21-/m1/s1. The molecule has 2 aromatic rings. The predicted octanol–water partition coefficient (Wildman–Crippen LogP) is 4.54. The summed E-state index contributed by atoms with van der Waals surface area (Å²) in [4.78, 5) is 30.8. The van der Waals surface area contributed by atoms with Gasteiger partial charge in [-0.25, -0.2) is 19.3 Å². The maximum Gasteiger partial charge on any atom is 0.254 e. The monoisotopic (exact) mass is 495 g/mol. The van der Waals surface area contributed by atoms with Crippen molar-refractivity contribution in [3.05, 3.63) is 78.2 Å². The lowest BCUT2D eigenvalue weighted by molar-refractivity contribution is 0.0460. The molecule has 1 saturated heterocycles. The molecule has 10 heteroatoms. The minimum Gasteiger partial charge on any atom is -0.336 e. The predicted molar refractivity (Wildman–Crippen MR) is 138 cm³/mol. The molecule has 2 N–H and O–H groups in total. The Labute approximate surface area is 209 Å². The molecular weight excluding hydrogens is 465 g/mol. The molecule has 2 atom stereocenters. The van der Waals surface area contributed by atoms with E-state index in [1.54, 1.807) is 18.3 Å². The Morgan fingerprint density at radius 3 is 2.86 bits per heavy atom. The number of rotatable bonds is 8. The van der Waals surface area contributed by atoms with Gasteiger partial charge >= 0.3 is 0 Å². The van der Waals surface area contributed by atoms with Crippen molar-refractivity contribution in [2.75, 3.05) is 22.8 Å². The van der Waals surface area contributed by atoms with Crippen LogP contribution >= 0.6 is 11.9 Å². The van der Waals surface area contributed by atoms with Gasteiger partial charge in [0.2, 0.25) is 5.95 Å². The molecular formula is C25H30FN7OS. The van der Waals surface area contributed by atoms with Crippen LogP contribution in [0, 0.1) is 0 Å². The molecule has 4 heterocycles. The van der Waals surface area contributed by atoms with Gasteiger partial charge in [0.1, 0.15) is 11.6 Å². The molecule has 0 aromatic carbocycles. The first-order chi connectivity index (χ1) is 16.8. The number of nitrogens with one attached hydrogen (secondary N) is 2. The zero-order chi connectivity index (χ0) is 24.9. The van der Waals surface area contributed by atoms with Gasteiger partial charge < -0.3 is 14.9 Å². The lowest BCUT2D eigenvalue weighted by atomic mass is 9.96. The van der Waals surface area contributed by atoms with Gasteiger partial charge in [0, 0.05) is 67.2 Å². The summed E-state index contributed by atoms with van der Waals surface area (Å²) in [5.74, 6) is 0.618. The third-order valence-corrected chi connectivity index (χ3v) is 6.67. The zero-order valence-electron chi connectivity index (χ0n) is 20.0. The van der Waals surface area contributed by atoms with Gasteiger partial charge in [-0.15, -0.1) is 0 Å². The molecule has 35 heavy (non-hydrogen) atoms. The summed E-state index contributed by atoms with van der Waals surface area (Å²) in [5.41, 5.74) is 3.21. The molecule has 184 valence electrons. The average Bonchev–Trinajstić information content (AvgIpc) is 3.26. The number of carbonyl (C=O) groups is 1. The van der Waals surface area contributed by atoms with Gasteiger partial charge in [0.15, 0.2) is 0 Å². The van der Waals surface area contributed by atoms with Crippen molar-refractivity contribution in [3.8, 4) is 0 Å². The number of hydrogen-bond donors (Lipinski definition) is 2. The van der Waals surface area contributed by atoms with Crippen LogP contribution in [0.15, 0.2) is 61.4 Å². The summed E-state index contributed by atoms with van der Waals surface area (Å²) >= 11 is 1.45. The highest BCUT2D eigenvalue weighted by molar-refractivity contribution is 7.99. The Morgan fingerprint density at radius 1 is 1.29 bits per heavy atom. The summed E-state index contributed by atoms with van der Waals surface area (Å²) in [7, 11) is 0. The van der Waals surface area contributed by atoms with E-state index in [1.165, 1.54) is 24.1 Å². The van der Waals surface area contributed by atoms with Gasteiger partial charge in [-0.2, -0.15) is 0 Å². The Hall–Kier alpha value is -3.24. The van der Waals surface area contributed by atoms with Crippen LogP contribution in [0.4, 0.5) is 16.2 Å². The maximum atomic E-state index is 13.2. The summed E-state index contributed by atoms with van der Waals surface area (Å²) in [6, 6.07) is 4.06. The van der Waals surface area contributed by atoms with Crippen LogP contribution in [0.2, 0.25) is 0 Å². The second-order valence-electron chi connectivity index (χ2n) is 8.76. The minimum absolute atomic E-state index is 0.0411. The largest absolute Gasteiger partial charge is 0.336 e. The number of hydrogen-bond acceptors (Lipinski definition) is 8. The Balaban J connectivity index is 1.35. The third kappa shape index (κ3) is 6.07. The number of piperidine rings is 1. The van der Waals surface area contributed by atoms with Gasteiger partial charge in [0.25, 0.3) is 5.91 Å². The second-order valence-corrected chi connectivity index (χ2v) is 9.38. The van der Waals surface area contributed by atoms with Crippen molar-refractivity contribution < 1.29 is 9.18 Å². The van der Waals surface area contributed by atoms with E-state index in [-0.39, 0.29) is 11.9 Å². The molecule has 4 rings (SSSR count). The maximum absolute atomic E-state index is 13.2. The van der Waals surface area contributed by atoms with E-state index in [1.807, 2.05) is 17.4 Å². The molecule has 2 aliphatic heterocycles. The SMILES string of the molecule is C=C(F)/C=C\C(=C)Nc1ncc2c(n1)CN([C@@H]1CCN(C(=O)c3ccnc(NSC)c3)[C@H](C)C1)C2. The summed E-state index contributed by atoms with van der Waals surface area (Å²) < 4.78 is 15.9. The molecule has 0 spiro atoms. The minimum atomic E-state index is -0.543. The van der Waals surface area contributed by atoms with Gasteiger partial charge in [-0.05, 0) is 44.1 Å². The number of carbonyl (C=O) groups excluding carboxylic acids is 1. The Bertz CT molecular complexity index is 1150. The fourth-order valence-corrected chi connectivity index (χ4v) is 4.86. The first-order valence-electron chi connectivity index (χ1n) is 11.5. The fourth-order valence-electron chi connectivity index (χ4n) is 4.54. The van der Waals surface area contributed by atoms with Gasteiger partial charge in [-0.1, -0.05) is 25.1 Å². The molecule has 1 fully saturated rings. The first-order valence-corrected chi connectivity index (χ1v) is 12.7. The van der Waals surface area contributed by atoms with Crippen molar-refractivity contribution in [1.29, 1.82) is 0 Å². The first kappa shape index (κ1) is 24.9. The van der Waals surface area contributed by atoms with Gasteiger partial charge in [0.05, 0.1) is 5.69 Å². The van der Waals surface area contributed by atoms with Crippen molar-refractivity contribution in [1.82, 2.24) is 24.8 Å². The van der Waals surface area contributed by atoms with Crippen LogP contribution in [0.3, 0.4) is 0 Å². The van der Waals surface area contributed by atoms with Crippen LogP contribution in [0.25, 0.3) is 0 Å². The fraction of sp³-hybridized carbons (Fsp3) is 0.360. The number of anilines is 2.